The van der Waals surface area contributed by atoms with E-state index in [0.29, 0.717) is 17.2 Å². The zero-order valence-electron chi connectivity index (χ0n) is 8.76. The van der Waals surface area contributed by atoms with Gasteiger partial charge in [-0.2, -0.15) is 0 Å². The molecule has 1 saturated carbocycles. The molecule has 3 unspecified atom stereocenters. The van der Waals surface area contributed by atoms with Crippen LogP contribution >= 0.6 is 11.6 Å². The first-order chi connectivity index (χ1) is 6.25. The van der Waals surface area contributed by atoms with Gasteiger partial charge in [-0.3, -0.25) is 0 Å². The summed E-state index contributed by atoms with van der Waals surface area (Å²) in [6.07, 6.45) is 6.50. The minimum atomic E-state index is 0.382. The van der Waals surface area contributed by atoms with Gasteiger partial charge in [-0.1, -0.05) is 26.2 Å². The Labute approximate surface area is 86.8 Å². The molecule has 78 valence electrons. The first-order valence-electron chi connectivity index (χ1n) is 5.38. The van der Waals surface area contributed by atoms with E-state index in [2.05, 4.69) is 6.92 Å². The fourth-order valence-electron chi connectivity index (χ4n) is 2.32. The van der Waals surface area contributed by atoms with Crippen LogP contribution in [0.1, 0.15) is 39.0 Å². The van der Waals surface area contributed by atoms with Crippen molar-refractivity contribution in [1.29, 1.82) is 0 Å². The average Bonchev–Trinajstić information content (AvgIpc) is 2.30. The predicted octanol–water partition coefficient (Wildman–Crippen LogP) is 3.46. The predicted molar refractivity (Wildman–Crippen MR) is 57.3 cm³/mol. The third-order valence-corrected chi connectivity index (χ3v) is 3.68. The van der Waals surface area contributed by atoms with Crippen LogP contribution < -0.4 is 0 Å². The highest BCUT2D eigenvalue weighted by Crippen LogP contribution is 2.32. The fraction of sp³-hybridized carbons (Fsp3) is 1.00. The number of alkyl halides is 1. The van der Waals surface area contributed by atoms with Gasteiger partial charge in [-0.05, 0) is 24.7 Å². The Morgan fingerprint density at radius 1 is 1.31 bits per heavy atom. The van der Waals surface area contributed by atoms with Crippen LogP contribution in [0.15, 0.2) is 0 Å². The second-order valence-electron chi connectivity index (χ2n) is 4.25. The molecule has 1 aliphatic carbocycles. The summed E-state index contributed by atoms with van der Waals surface area (Å²) in [5, 5.41) is 0.382. The number of methoxy groups -OCH3 is 1. The van der Waals surface area contributed by atoms with Gasteiger partial charge in [-0.15, -0.1) is 11.6 Å². The molecular weight excluding hydrogens is 184 g/mol. The molecule has 1 rings (SSSR count). The number of hydrogen-bond acceptors (Lipinski definition) is 1. The number of hydrogen-bond donors (Lipinski definition) is 0. The maximum atomic E-state index is 6.36. The van der Waals surface area contributed by atoms with Crippen molar-refractivity contribution < 1.29 is 4.74 Å². The highest BCUT2D eigenvalue weighted by Gasteiger charge is 2.26. The Kier molecular flexibility index (Phi) is 5.12. The van der Waals surface area contributed by atoms with Crippen LogP contribution in [0.3, 0.4) is 0 Å². The zero-order chi connectivity index (χ0) is 9.68. The van der Waals surface area contributed by atoms with E-state index in [4.69, 9.17) is 16.3 Å². The maximum Gasteiger partial charge on any atom is 0.0491 e. The third-order valence-electron chi connectivity index (χ3n) is 3.14. The molecule has 0 aromatic carbocycles. The third kappa shape index (κ3) is 3.47. The van der Waals surface area contributed by atoms with E-state index in [-0.39, 0.29) is 0 Å². The molecule has 0 aromatic heterocycles. The Morgan fingerprint density at radius 2 is 2.00 bits per heavy atom. The van der Waals surface area contributed by atoms with Gasteiger partial charge in [-0.25, -0.2) is 0 Å². The second kappa shape index (κ2) is 5.87. The van der Waals surface area contributed by atoms with Crippen molar-refractivity contribution in [3.63, 3.8) is 0 Å². The van der Waals surface area contributed by atoms with Crippen molar-refractivity contribution in [3.8, 4) is 0 Å². The summed E-state index contributed by atoms with van der Waals surface area (Å²) in [6.45, 7) is 3.11. The highest BCUT2D eigenvalue weighted by atomic mass is 35.5. The molecule has 1 fully saturated rings. The van der Waals surface area contributed by atoms with E-state index in [0.717, 1.165) is 6.61 Å². The smallest absolute Gasteiger partial charge is 0.0491 e. The summed E-state index contributed by atoms with van der Waals surface area (Å²) in [6, 6.07) is 0. The van der Waals surface area contributed by atoms with Crippen LogP contribution in [0.25, 0.3) is 0 Å². The molecule has 0 amide bonds. The van der Waals surface area contributed by atoms with Gasteiger partial charge in [0, 0.05) is 19.1 Å². The Morgan fingerprint density at radius 3 is 2.69 bits per heavy atom. The number of halogens is 1. The second-order valence-corrected chi connectivity index (χ2v) is 4.81. The minimum Gasteiger partial charge on any atom is -0.384 e. The van der Waals surface area contributed by atoms with Crippen molar-refractivity contribution in [2.24, 2.45) is 11.8 Å². The van der Waals surface area contributed by atoms with Gasteiger partial charge in [0.15, 0.2) is 0 Å². The van der Waals surface area contributed by atoms with Crippen molar-refractivity contribution in [1.82, 2.24) is 0 Å². The molecule has 0 aromatic rings. The van der Waals surface area contributed by atoms with E-state index in [1.165, 1.54) is 32.1 Å². The van der Waals surface area contributed by atoms with Gasteiger partial charge >= 0.3 is 0 Å². The first-order valence-corrected chi connectivity index (χ1v) is 5.82. The van der Waals surface area contributed by atoms with E-state index in [1.54, 1.807) is 7.11 Å². The van der Waals surface area contributed by atoms with Crippen molar-refractivity contribution in [3.05, 3.63) is 0 Å². The van der Waals surface area contributed by atoms with Gasteiger partial charge in [0.2, 0.25) is 0 Å². The fourth-order valence-corrected chi connectivity index (χ4v) is 2.85. The van der Waals surface area contributed by atoms with E-state index in [9.17, 15) is 0 Å². The minimum absolute atomic E-state index is 0.382. The Hall–Kier alpha value is 0.250. The summed E-state index contributed by atoms with van der Waals surface area (Å²) < 4.78 is 5.19. The lowest BCUT2D eigenvalue weighted by molar-refractivity contribution is 0.125. The summed E-state index contributed by atoms with van der Waals surface area (Å²) >= 11 is 6.36. The molecule has 0 bridgehead atoms. The molecule has 1 nitrogen and oxygen atoms in total. The number of rotatable bonds is 3. The van der Waals surface area contributed by atoms with Crippen LogP contribution in [-0.4, -0.2) is 19.1 Å². The van der Waals surface area contributed by atoms with Crippen LogP contribution in [0.2, 0.25) is 0 Å². The lowest BCUT2D eigenvalue weighted by atomic mass is 9.87. The molecule has 0 heterocycles. The Bertz CT molecular complexity index is 138. The standard InChI is InChI=1S/C11H21ClO/c1-9(8-13-2)10-6-4-3-5-7-11(10)12/h9-11H,3-8H2,1-2H3. The van der Waals surface area contributed by atoms with E-state index >= 15 is 0 Å². The zero-order valence-corrected chi connectivity index (χ0v) is 9.52. The summed E-state index contributed by atoms with van der Waals surface area (Å²) in [5.74, 6) is 1.29. The molecule has 2 heteroatoms. The normalized spacial score (nSPS) is 32.5. The van der Waals surface area contributed by atoms with Gasteiger partial charge in [0.05, 0.1) is 0 Å². The molecule has 1 aliphatic rings. The van der Waals surface area contributed by atoms with Crippen LogP contribution in [0, 0.1) is 11.8 Å². The van der Waals surface area contributed by atoms with Gasteiger partial charge < -0.3 is 4.74 Å². The number of ether oxygens (including phenoxy) is 1. The van der Waals surface area contributed by atoms with Crippen molar-refractivity contribution in [2.45, 2.75) is 44.4 Å². The molecule has 0 N–H and O–H groups in total. The maximum absolute atomic E-state index is 6.36. The van der Waals surface area contributed by atoms with Crippen LogP contribution in [0.5, 0.6) is 0 Å². The molecule has 0 saturated heterocycles. The monoisotopic (exact) mass is 204 g/mol. The summed E-state index contributed by atoms with van der Waals surface area (Å²) in [4.78, 5) is 0. The van der Waals surface area contributed by atoms with E-state index < -0.39 is 0 Å². The van der Waals surface area contributed by atoms with Gasteiger partial charge in [0.1, 0.15) is 0 Å². The molecule has 13 heavy (non-hydrogen) atoms. The highest BCUT2D eigenvalue weighted by molar-refractivity contribution is 6.20. The van der Waals surface area contributed by atoms with E-state index in [1.807, 2.05) is 0 Å². The van der Waals surface area contributed by atoms with Crippen molar-refractivity contribution >= 4 is 11.6 Å². The van der Waals surface area contributed by atoms with Gasteiger partial charge in [0.25, 0.3) is 0 Å². The SMILES string of the molecule is COCC(C)C1CCCCCC1Cl. The topological polar surface area (TPSA) is 9.23 Å². The lowest BCUT2D eigenvalue weighted by Gasteiger charge is -2.25. The molecule has 0 spiro atoms. The Balaban J connectivity index is 2.43. The summed E-state index contributed by atoms with van der Waals surface area (Å²) in [7, 11) is 1.77. The quantitative estimate of drug-likeness (QED) is 0.506. The lowest BCUT2D eigenvalue weighted by Crippen LogP contribution is -2.24. The molecular formula is C11H21ClO. The summed E-state index contributed by atoms with van der Waals surface area (Å²) in [5.41, 5.74) is 0. The molecule has 0 radical (unpaired) electrons. The molecule has 0 aliphatic heterocycles. The first kappa shape index (κ1) is 11.3. The van der Waals surface area contributed by atoms with Crippen LogP contribution in [0.4, 0.5) is 0 Å². The average molecular weight is 205 g/mol. The van der Waals surface area contributed by atoms with Crippen LogP contribution in [-0.2, 0) is 4.74 Å². The van der Waals surface area contributed by atoms with Crippen molar-refractivity contribution in [2.75, 3.05) is 13.7 Å². The largest absolute Gasteiger partial charge is 0.384 e. The molecule has 3 atom stereocenters.